The number of anilines is 1. The molecule has 0 fully saturated rings. The van der Waals surface area contributed by atoms with Gasteiger partial charge in [-0.15, -0.1) is 0 Å². The molecule has 0 radical (unpaired) electrons. The summed E-state index contributed by atoms with van der Waals surface area (Å²) in [5, 5.41) is 24.4. The van der Waals surface area contributed by atoms with Gasteiger partial charge in [-0.1, -0.05) is 24.3 Å². The number of nitrogens with one attached hydrogen (secondary N) is 2. The molecule has 1 aromatic carbocycles. The van der Waals surface area contributed by atoms with Crippen molar-refractivity contribution in [3.63, 3.8) is 0 Å². The topological polar surface area (TPSA) is 105 Å². The van der Waals surface area contributed by atoms with E-state index in [-0.39, 0.29) is 6.61 Å². The molecule has 8 nitrogen and oxygen atoms in total. The van der Waals surface area contributed by atoms with Gasteiger partial charge >= 0.3 is 0 Å². The van der Waals surface area contributed by atoms with E-state index in [9.17, 15) is 0 Å². The van der Waals surface area contributed by atoms with Crippen LogP contribution >= 0.6 is 0 Å². The van der Waals surface area contributed by atoms with Gasteiger partial charge in [-0.25, -0.2) is 14.6 Å². The second kappa shape index (κ2) is 6.70. The van der Waals surface area contributed by atoms with Crippen molar-refractivity contribution in [2.45, 2.75) is 13.1 Å². The lowest BCUT2D eigenvalue weighted by atomic mass is 10.1. The Morgan fingerprint density at radius 3 is 2.76 bits per heavy atom. The molecule has 0 atom stereocenters. The van der Waals surface area contributed by atoms with Gasteiger partial charge in [0.2, 0.25) is 0 Å². The van der Waals surface area contributed by atoms with E-state index in [1.54, 1.807) is 17.1 Å². The Hall–Kier alpha value is -3.26. The lowest BCUT2D eigenvalue weighted by Gasteiger charge is -2.07. The Labute approximate surface area is 143 Å². The van der Waals surface area contributed by atoms with Crippen molar-refractivity contribution in [2.24, 2.45) is 0 Å². The van der Waals surface area contributed by atoms with Crippen molar-refractivity contribution in [2.75, 3.05) is 11.9 Å². The first-order valence-corrected chi connectivity index (χ1v) is 7.95. The number of hydrogen-bond acceptors (Lipinski definition) is 6. The van der Waals surface area contributed by atoms with Crippen LogP contribution in [0.1, 0.15) is 5.56 Å². The summed E-state index contributed by atoms with van der Waals surface area (Å²) < 4.78 is 1.67. The van der Waals surface area contributed by atoms with E-state index in [0.717, 1.165) is 28.0 Å². The SMILES string of the molecule is OCCn1ncc2c(NCc3ccc(-c4ccn[nH]4)cc3)ncnc21. The molecule has 0 aliphatic heterocycles. The molecule has 3 heterocycles. The fraction of sp³-hybridized carbons (Fsp3) is 0.176. The van der Waals surface area contributed by atoms with Gasteiger partial charge < -0.3 is 10.4 Å². The lowest BCUT2D eigenvalue weighted by Crippen LogP contribution is -2.06. The van der Waals surface area contributed by atoms with Gasteiger partial charge in [0.1, 0.15) is 12.1 Å². The zero-order chi connectivity index (χ0) is 17.1. The molecule has 0 amide bonds. The van der Waals surface area contributed by atoms with Crippen molar-refractivity contribution in [3.05, 3.63) is 54.6 Å². The monoisotopic (exact) mass is 335 g/mol. The zero-order valence-electron chi connectivity index (χ0n) is 13.4. The van der Waals surface area contributed by atoms with Crippen LogP contribution in [0.2, 0.25) is 0 Å². The first-order chi connectivity index (χ1) is 12.3. The van der Waals surface area contributed by atoms with Crippen LogP contribution in [0.25, 0.3) is 22.3 Å². The molecule has 25 heavy (non-hydrogen) atoms. The van der Waals surface area contributed by atoms with E-state index in [1.165, 1.54) is 6.33 Å². The van der Waals surface area contributed by atoms with Crippen molar-refractivity contribution >= 4 is 16.9 Å². The van der Waals surface area contributed by atoms with Gasteiger partial charge in [-0.3, -0.25) is 5.10 Å². The molecule has 0 aliphatic rings. The normalized spacial score (nSPS) is 11.1. The number of aromatic nitrogens is 6. The standard InChI is InChI=1S/C17H17N7O/c25-8-7-24-17-14(10-22-24)16(19-11-20-17)18-9-12-1-3-13(4-2-12)15-5-6-21-23-15/h1-6,10-11,25H,7-9H2,(H,21,23)(H,18,19,20). The van der Waals surface area contributed by atoms with E-state index in [0.29, 0.717) is 18.7 Å². The van der Waals surface area contributed by atoms with Gasteiger partial charge in [-0.2, -0.15) is 10.2 Å². The molecule has 126 valence electrons. The van der Waals surface area contributed by atoms with Crippen molar-refractivity contribution in [1.29, 1.82) is 0 Å². The van der Waals surface area contributed by atoms with Gasteiger partial charge in [0.25, 0.3) is 0 Å². The maximum Gasteiger partial charge on any atom is 0.163 e. The Balaban J connectivity index is 1.50. The van der Waals surface area contributed by atoms with Crippen molar-refractivity contribution in [3.8, 4) is 11.3 Å². The molecule has 0 unspecified atom stereocenters. The second-order valence-electron chi connectivity index (χ2n) is 5.57. The van der Waals surface area contributed by atoms with Crippen LogP contribution in [-0.2, 0) is 13.1 Å². The largest absolute Gasteiger partial charge is 0.394 e. The van der Waals surface area contributed by atoms with Crippen LogP contribution in [0.5, 0.6) is 0 Å². The number of rotatable bonds is 6. The van der Waals surface area contributed by atoms with Crippen LogP contribution in [0.4, 0.5) is 5.82 Å². The summed E-state index contributed by atoms with van der Waals surface area (Å²) in [5.74, 6) is 0.729. The maximum absolute atomic E-state index is 9.08. The average Bonchev–Trinajstić information content (AvgIpc) is 3.31. The number of hydrogen-bond donors (Lipinski definition) is 3. The molecule has 0 bridgehead atoms. The van der Waals surface area contributed by atoms with E-state index < -0.39 is 0 Å². The van der Waals surface area contributed by atoms with Gasteiger partial charge in [0.15, 0.2) is 5.65 Å². The highest BCUT2D eigenvalue weighted by Crippen LogP contribution is 2.20. The predicted molar refractivity (Wildman–Crippen MR) is 93.8 cm³/mol. The number of benzene rings is 1. The number of H-pyrrole nitrogens is 1. The van der Waals surface area contributed by atoms with Crippen LogP contribution in [-0.4, -0.2) is 41.7 Å². The third kappa shape index (κ3) is 3.07. The molecular formula is C17H17N7O. The minimum absolute atomic E-state index is 0.0201. The Bertz CT molecular complexity index is 961. The minimum atomic E-state index is 0.0201. The number of nitrogens with zero attached hydrogens (tertiary/aromatic N) is 5. The molecule has 4 rings (SSSR count). The van der Waals surface area contributed by atoms with Crippen molar-refractivity contribution < 1.29 is 5.11 Å². The van der Waals surface area contributed by atoms with Crippen LogP contribution in [0.3, 0.4) is 0 Å². The summed E-state index contributed by atoms with van der Waals surface area (Å²) in [5.41, 5.74) is 3.93. The number of fused-ring (bicyclic) bond motifs is 1. The lowest BCUT2D eigenvalue weighted by molar-refractivity contribution is 0.271. The van der Waals surface area contributed by atoms with E-state index >= 15 is 0 Å². The first-order valence-electron chi connectivity index (χ1n) is 7.95. The summed E-state index contributed by atoms with van der Waals surface area (Å²) in [6.07, 6.45) is 4.96. The van der Waals surface area contributed by atoms with Gasteiger partial charge in [0, 0.05) is 12.7 Å². The average molecular weight is 335 g/mol. The predicted octanol–water partition coefficient (Wildman–Crippen LogP) is 1.82. The smallest absolute Gasteiger partial charge is 0.163 e. The number of aliphatic hydroxyl groups is 1. The third-order valence-electron chi connectivity index (χ3n) is 3.97. The zero-order valence-corrected chi connectivity index (χ0v) is 13.4. The third-order valence-corrected chi connectivity index (χ3v) is 3.97. The van der Waals surface area contributed by atoms with Gasteiger partial charge in [0.05, 0.1) is 30.4 Å². The highest BCUT2D eigenvalue weighted by Gasteiger charge is 2.09. The molecule has 0 saturated carbocycles. The van der Waals surface area contributed by atoms with E-state index in [4.69, 9.17) is 5.11 Å². The highest BCUT2D eigenvalue weighted by molar-refractivity contribution is 5.86. The summed E-state index contributed by atoms with van der Waals surface area (Å²) in [4.78, 5) is 8.55. The fourth-order valence-electron chi connectivity index (χ4n) is 2.70. The quantitative estimate of drug-likeness (QED) is 0.496. The molecule has 3 aromatic heterocycles. The molecule has 0 spiro atoms. The van der Waals surface area contributed by atoms with Crippen LogP contribution in [0, 0.1) is 0 Å². The molecule has 0 saturated heterocycles. The van der Waals surface area contributed by atoms with Gasteiger partial charge in [-0.05, 0) is 17.2 Å². The summed E-state index contributed by atoms with van der Waals surface area (Å²) in [6, 6.07) is 10.2. The first kappa shape index (κ1) is 15.3. The fourth-order valence-corrected chi connectivity index (χ4v) is 2.70. The summed E-state index contributed by atoms with van der Waals surface area (Å²) >= 11 is 0. The summed E-state index contributed by atoms with van der Waals surface area (Å²) in [7, 11) is 0. The van der Waals surface area contributed by atoms with Crippen molar-refractivity contribution in [1.82, 2.24) is 29.9 Å². The number of aromatic amines is 1. The minimum Gasteiger partial charge on any atom is -0.394 e. The summed E-state index contributed by atoms with van der Waals surface area (Å²) in [6.45, 7) is 1.07. The Morgan fingerprint density at radius 2 is 2.00 bits per heavy atom. The molecule has 8 heteroatoms. The Kier molecular flexibility index (Phi) is 4.09. The Morgan fingerprint density at radius 1 is 1.12 bits per heavy atom. The molecule has 0 aliphatic carbocycles. The molecule has 4 aromatic rings. The molecule has 3 N–H and O–H groups in total. The van der Waals surface area contributed by atoms with Crippen LogP contribution in [0.15, 0.2) is 49.1 Å². The maximum atomic E-state index is 9.08. The van der Waals surface area contributed by atoms with E-state index in [2.05, 4.69) is 54.8 Å². The number of aliphatic hydroxyl groups excluding tert-OH is 1. The second-order valence-corrected chi connectivity index (χ2v) is 5.57. The van der Waals surface area contributed by atoms with Crippen LogP contribution < -0.4 is 5.32 Å². The molecular weight excluding hydrogens is 318 g/mol. The van der Waals surface area contributed by atoms with E-state index in [1.807, 2.05) is 6.07 Å². The highest BCUT2D eigenvalue weighted by atomic mass is 16.3.